The zero-order valence-electron chi connectivity index (χ0n) is 17.4. The van der Waals surface area contributed by atoms with E-state index in [-0.39, 0.29) is 66.6 Å². The molecule has 0 fully saturated rings. The van der Waals surface area contributed by atoms with Crippen LogP contribution in [0.5, 0.6) is 34.5 Å². The van der Waals surface area contributed by atoms with Crippen LogP contribution in [0.3, 0.4) is 0 Å². The van der Waals surface area contributed by atoms with Crippen LogP contribution in [0.2, 0.25) is 10.0 Å². The van der Waals surface area contributed by atoms with Gasteiger partial charge in [-0.15, -0.1) is 0 Å². The summed E-state index contributed by atoms with van der Waals surface area (Å²) in [6.07, 6.45) is 0. The third kappa shape index (κ3) is 2.68. The molecule has 9 nitrogen and oxygen atoms in total. The van der Waals surface area contributed by atoms with Crippen molar-refractivity contribution in [2.45, 2.75) is 5.60 Å². The first-order valence-corrected chi connectivity index (χ1v) is 10.4. The fourth-order valence-electron chi connectivity index (χ4n) is 4.42. The first kappa shape index (κ1) is 22.0. The Labute approximate surface area is 201 Å². The number of rotatable bonds is 3. The molecule has 0 radical (unpaired) electrons. The highest BCUT2D eigenvalue weighted by atomic mass is 35.5. The second-order valence-corrected chi connectivity index (χ2v) is 8.25. The molecule has 2 aliphatic heterocycles. The van der Waals surface area contributed by atoms with E-state index in [0.29, 0.717) is 0 Å². The lowest BCUT2D eigenvalue weighted by Gasteiger charge is -2.37. The molecule has 3 aromatic rings. The number of phenolic OH excluding ortho intramolecular Hbond substituents is 2. The van der Waals surface area contributed by atoms with Crippen LogP contribution in [0, 0.1) is 0 Å². The molecule has 0 aliphatic carbocycles. The third-order valence-corrected chi connectivity index (χ3v) is 6.43. The molecular formula is C23H14Cl2O9. The molecule has 0 bridgehead atoms. The first-order chi connectivity index (χ1) is 16.1. The molecule has 3 N–H and O–H groups in total. The van der Waals surface area contributed by atoms with Gasteiger partial charge in [-0.1, -0.05) is 23.2 Å². The molecule has 2 heterocycles. The topological polar surface area (TPSA) is 132 Å². The minimum atomic E-state index is -1.84. The van der Waals surface area contributed by atoms with Crippen LogP contribution in [0.15, 0.2) is 30.3 Å². The van der Waals surface area contributed by atoms with Crippen LogP contribution in [0.25, 0.3) is 0 Å². The van der Waals surface area contributed by atoms with Crippen molar-refractivity contribution in [2.24, 2.45) is 0 Å². The summed E-state index contributed by atoms with van der Waals surface area (Å²) in [7, 11) is 2.54. The van der Waals surface area contributed by atoms with Gasteiger partial charge in [-0.2, -0.15) is 0 Å². The van der Waals surface area contributed by atoms with E-state index in [1.807, 2.05) is 0 Å². The Morgan fingerprint density at radius 3 is 2.44 bits per heavy atom. The van der Waals surface area contributed by atoms with Crippen molar-refractivity contribution in [1.82, 2.24) is 0 Å². The predicted octanol–water partition coefficient (Wildman–Crippen LogP) is 4.69. The molecule has 0 saturated carbocycles. The zero-order chi connectivity index (χ0) is 24.5. The highest BCUT2D eigenvalue weighted by molar-refractivity contribution is 6.35. The van der Waals surface area contributed by atoms with Crippen molar-refractivity contribution >= 4 is 35.1 Å². The highest BCUT2D eigenvalue weighted by Gasteiger charge is 2.57. The number of fused-ring (bicyclic) bond motifs is 6. The number of benzene rings is 3. The van der Waals surface area contributed by atoms with Crippen molar-refractivity contribution in [3.63, 3.8) is 0 Å². The quantitative estimate of drug-likeness (QED) is 0.434. The van der Waals surface area contributed by atoms with Gasteiger partial charge in [0, 0.05) is 11.6 Å². The Morgan fingerprint density at radius 1 is 1.06 bits per heavy atom. The lowest BCUT2D eigenvalue weighted by molar-refractivity contribution is 0.0219. The van der Waals surface area contributed by atoms with E-state index in [4.69, 9.17) is 42.1 Å². The van der Waals surface area contributed by atoms with E-state index in [9.17, 15) is 24.9 Å². The van der Waals surface area contributed by atoms with Crippen molar-refractivity contribution in [1.29, 1.82) is 0 Å². The standard InChI is InChI=1S/C23H14Cl2O9/c1-31-14-7-11-19(17(25)18(14)27)33-13-5-8(26)3-4-10(13)23(11)16-9(22(30)34-23)6-12(24)15(21(28)29)20(16)32-2/h3-7,26-27H,1-2H3,(H,28,29). The number of halogens is 2. The minimum absolute atomic E-state index is 0.0399. The SMILES string of the molecule is COc1cc2c(c(Cl)c1O)Oc1cc(O)ccc1C21OC(=O)c2cc(Cl)c(C(=O)O)c(OC)c21. The molecular weight excluding hydrogens is 491 g/mol. The molecule has 0 saturated heterocycles. The van der Waals surface area contributed by atoms with Crippen LogP contribution in [-0.2, 0) is 10.3 Å². The summed E-state index contributed by atoms with van der Waals surface area (Å²) >= 11 is 12.6. The number of hydrogen-bond acceptors (Lipinski definition) is 8. The molecule has 1 spiro atoms. The van der Waals surface area contributed by atoms with E-state index in [1.54, 1.807) is 0 Å². The van der Waals surface area contributed by atoms with Gasteiger partial charge in [0.2, 0.25) is 0 Å². The Balaban J connectivity index is 2.01. The van der Waals surface area contributed by atoms with Crippen LogP contribution in [-0.4, -0.2) is 41.5 Å². The maximum atomic E-state index is 13.1. The monoisotopic (exact) mass is 504 g/mol. The lowest BCUT2D eigenvalue weighted by Crippen LogP contribution is -2.33. The van der Waals surface area contributed by atoms with E-state index in [1.165, 1.54) is 44.6 Å². The van der Waals surface area contributed by atoms with Gasteiger partial charge in [0.1, 0.15) is 27.8 Å². The maximum Gasteiger partial charge on any atom is 0.341 e. The summed E-state index contributed by atoms with van der Waals surface area (Å²) in [5, 5.41) is 29.9. The number of carbonyl (C=O) groups excluding carboxylic acids is 1. The van der Waals surface area contributed by atoms with Crippen LogP contribution in [0.4, 0.5) is 0 Å². The second-order valence-electron chi connectivity index (χ2n) is 7.47. The summed E-state index contributed by atoms with van der Waals surface area (Å²) in [5.41, 5.74) is -1.84. The highest BCUT2D eigenvalue weighted by Crippen LogP contribution is 2.62. The smallest absolute Gasteiger partial charge is 0.341 e. The molecule has 3 aromatic carbocycles. The average Bonchev–Trinajstić information content (AvgIpc) is 3.07. The summed E-state index contributed by atoms with van der Waals surface area (Å²) in [6, 6.07) is 6.62. The summed E-state index contributed by atoms with van der Waals surface area (Å²) < 4.78 is 22.6. The number of aromatic carboxylic acids is 1. The number of methoxy groups -OCH3 is 2. The van der Waals surface area contributed by atoms with Gasteiger partial charge in [-0.25, -0.2) is 9.59 Å². The second kappa shape index (κ2) is 7.34. The number of hydrogen-bond donors (Lipinski definition) is 3. The lowest BCUT2D eigenvalue weighted by atomic mass is 9.76. The van der Waals surface area contributed by atoms with Gasteiger partial charge in [-0.05, 0) is 24.3 Å². The average molecular weight is 505 g/mol. The Bertz CT molecular complexity index is 1430. The van der Waals surface area contributed by atoms with Gasteiger partial charge >= 0.3 is 11.9 Å². The van der Waals surface area contributed by atoms with Crippen molar-refractivity contribution in [3.8, 4) is 34.5 Å². The third-order valence-electron chi connectivity index (χ3n) is 5.79. The molecule has 34 heavy (non-hydrogen) atoms. The molecule has 174 valence electrons. The molecule has 2 aliphatic rings. The zero-order valence-corrected chi connectivity index (χ0v) is 18.9. The number of esters is 1. The van der Waals surface area contributed by atoms with E-state index in [0.717, 1.165) is 0 Å². The number of aromatic hydroxyl groups is 2. The number of ether oxygens (including phenoxy) is 4. The predicted molar refractivity (Wildman–Crippen MR) is 118 cm³/mol. The molecule has 0 amide bonds. The van der Waals surface area contributed by atoms with Gasteiger partial charge in [0.05, 0.1) is 35.9 Å². The summed E-state index contributed by atoms with van der Waals surface area (Å²) in [6.45, 7) is 0. The van der Waals surface area contributed by atoms with E-state index in [2.05, 4.69) is 0 Å². The number of carbonyl (C=O) groups is 2. The van der Waals surface area contributed by atoms with Crippen LogP contribution in [0.1, 0.15) is 37.4 Å². The van der Waals surface area contributed by atoms with Crippen LogP contribution < -0.4 is 14.2 Å². The van der Waals surface area contributed by atoms with Gasteiger partial charge in [-0.3, -0.25) is 0 Å². The fraction of sp³-hybridized carbons (Fsp3) is 0.130. The largest absolute Gasteiger partial charge is 0.508 e. The fourth-order valence-corrected chi connectivity index (χ4v) is 4.93. The summed E-state index contributed by atoms with van der Waals surface area (Å²) in [4.78, 5) is 25.2. The summed E-state index contributed by atoms with van der Waals surface area (Å²) in [5.74, 6) is -3.10. The van der Waals surface area contributed by atoms with Gasteiger partial charge in [0.25, 0.3) is 0 Å². The molecule has 11 heteroatoms. The van der Waals surface area contributed by atoms with E-state index < -0.39 is 23.3 Å². The van der Waals surface area contributed by atoms with Crippen molar-refractivity contribution in [3.05, 3.63) is 68.2 Å². The Hall–Kier alpha value is -3.82. The normalized spacial score (nSPS) is 17.4. The van der Waals surface area contributed by atoms with Gasteiger partial charge < -0.3 is 34.3 Å². The van der Waals surface area contributed by atoms with Crippen molar-refractivity contribution in [2.75, 3.05) is 14.2 Å². The van der Waals surface area contributed by atoms with E-state index >= 15 is 0 Å². The minimum Gasteiger partial charge on any atom is -0.508 e. The molecule has 1 atom stereocenters. The van der Waals surface area contributed by atoms with Gasteiger partial charge in [0.15, 0.2) is 22.8 Å². The maximum absolute atomic E-state index is 13.1. The molecule has 0 aromatic heterocycles. The number of phenols is 2. The number of carboxylic acids is 1. The molecule has 5 rings (SSSR count). The first-order valence-electron chi connectivity index (χ1n) is 9.64. The van der Waals surface area contributed by atoms with Crippen LogP contribution >= 0.6 is 23.2 Å². The van der Waals surface area contributed by atoms with Crippen molar-refractivity contribution < 1.29 is 43.9 Å². The Morgan fingerprint density at radius 2 is 1.79 bits per heavy atom. The number of carboxylic acid groups (broad SMARTS) is 1. The Kier molecular flexibility index (Phi) is 4.75. The molecule has 1 unspecified atom stereocenters.